The first kappa shape index (κ1) is 15.6. The van der Waals surface area contributed by atoms with Crippen molar-refractivity contribution in [1.29, 1.82) is 0 Å². The topological polar surface area (TPSA) is 58.3 Å². The van der Waals surface area contributed by atoms with Gasteiger partial charge < -0.3 is 14.2 Å². The standard InChI is InChI=1S/C14H20ClN5O/c1-5-20(6-2)14-17-12(15)16-13(18-14)19(4)9-11-7-8-21-10(11)3/h7-8H,5-6,9H2,1-4H3. The number of nitrogens with zero attached hydrogens (tertiary/aromatic N) is 5. The van der Waals surface area contributed by atoms with Crippen molar-refractivity contribution in [2.45, 2.75) is 27.3 Å². The van der Waals surface area contributed by atoms with Gasteiger partial charge in [0.1, 0.15) is 5.76 Å². The molecule has 21 heavy (non-hydrogen) atoms. The van der Waals surface area contributed by atoms with Gasteiger partial charge in [0.25, 0.3) is 0 Å². The Kier molecular flexibility index (Phi) is 5.01. The Bertz CT molecular complexity index is 597. The fourth-order valence-corrected chi connectivity index (χ4v) is 2.20. The lowest BCUT2D eigenvalue weighted by Gasteiger charge is -2.21. The summed E-state index contributed by atoms with van der Waals surface area (Å²) in [4.78, 5) is 16.9. The van der Waals surface area contributed by atoms with E-state index >= 15 is 0 Å². The minimum atomic E-state index is 0.206. The van der Waals surface area contributed by atoms with Crippen LogP contribution in [0.1, 0.15) is 25.2 Å². The average molecular weight is 310 g/mol. The van der Waals surface area contributed by atoms with Gasteiger partial charge in [-0.2, -0.15) is 15.0 Å². The maximum atomic E-state index is 6.03. The van der Waals surface area contributed by atoms with Gasteiger partial charge in [-0.25, -0.2) is 0 Å². The largest absolute Gasteiger partial charge is 0.469 e. The van der Waals surface area contributed by atoms with Crippen molar-refractivity contribution in [3.8, 4) is 0 Å². The minimum absolute atomic E-state index is 0.206. The third kappa shape index (κ3) is 3.64. The summed E-state index contributed by atoms with van der Waals surface area (Å²) >= 11 is 6.03. The van der Waals surface area contributed by atoms with Crippen LogP contribution in [0.4, 0.5) is 11.9 Å². The molecule has 0 amide bonds. The van der Waals surface area contributed by atoms with Gasteiger partial charge in [-0.15, -0.1) is 0 Å². The van der Waals surface area contributed by atoms with Crippen LogP contribution in [0.15, 0.2) is 16.7 Å². The van der Waals surface area contributed by atoms with Gasteiger partial charge in [0.15, 0.2) is 0 Å². The average Bonchev–Trinajstić information content (AvgIpc) is 2.85. The predicted molar refractivity (Wildman–Crippen MR) is 84.0 cm³/mol. The molecular formula is C14H20ClN5O. The summed E-state index contributed by atoms with van der Waals surface area (Å²) < 4.78 is 5.31. The molecule has 0 unspecified atom stereocenters. The number of rotatable bonds is 6. The van der Waals surface area contributed by atoms with E-state index in [-0.39, 0.29) is 5.28 Å². The Hall–Kier alpha value is -1.82. The van der Waals surface area contributed by atoms with Crippen molar-refractivity contribution in [2.75, 3.05) is 29.9 Å². The van der Waals surface area contributed by atoms with Gasteiger partial charge in [0.2, 0.25) is 17.2 Å². The van der Waals surface area contributed by atoms with Crippen molar-refractivity contribution in [1.82, 2.24) is 15.0 Å². The molecule has 0 aliphatic carbocycles. The van der Waals surface area contributed by atoms with E-state index < -0.39 is 0 Å². The molecule has 0 atom stereocenters. The molecule has 0 spiro atoms. The lowest BCUT2D eigenvalue weighted by molar-refractivity contribution is 0.529. The molecule has 7 heteroatoms. The van der Waals surface area contributed by atoms with E-state index in [9.17, 15) is 0 Å². The van der Waals surface area contributed by atoms with Crippen molar-refractivity contribution < 1.29 is 4.42 Å². The quantitative estimate of drug-likeness (QED) is 0.817. The smallest absolute Gasteiger partial charge is 0.231 e. The number of furan rings is 1. The number of halogens is 1. The van der Waals surface area contributed by atoms with E-state index in [0.717, 1.165) is 24.4 Å². The van der Waals surface area contributed by atoms with Crippen LogP contribution in [0.25, 0.3) is 0 Å². The normalized spacial score (nSPS) is 10.7. The second-order valence-corrected chi connectivity index (χ2v) is 5.07. The highest BCUT2D eigenvalue weighted by molar-refractivity contribution is 6.28. The van der Waals surface area contributed by atoms with Crippen LogP contribution in [-0.2, 0) is 6.54 Å². The molecule has 0 saturated carbocycles. The van der Waals surface area contributed by atoms with Crippen molar-refractivity contribution in [3.05, 3.63) is 28.9 Å². The number of hydrogen-bond donors (Lipinski definition) is 0. The summed E-state index contributed by atoms with van der Waals surface area (Å²) in [7, 11) is 1.92. The SMILES string of the molecule is CCN(CC)c1nc(Cl)nc(N(C)Cc2ccoc2C)n1. The van der Waals surface area contributed by atoms with Crippen molar-refractivity contribution in [3.63, 3.8) is 0 Å². The predicted octanol–water partition coefficient (Wildman–Crippen LogP) is 2.91. The number of aromatic nitrogens is 3. The lowest BCUT2D eigenvalue weighted by Crippen LogP contribution is -2.26. The molecule has 0 bridgehead atoms. The Labute approximate surface area is 129 Å². The Morgan fingerprint density at radius 3 is 2.38 bits per heavy atom. The fourth-order valence-electron chi connectivity index (χ4n) is 2.05. The van der Waals surface area contributed by atoms with E-state index in [4.69, 9.17) is 16.0 Å². The van der Waals surface area contributed by atoms with Crippen molar-refractivity contribution >= 4 is 23.5 Å². The third-order valence-electron chi connectivity index (χ3n) is 3.35. The molecule has 2 rings (SSSR count). The molecule has 0 aromatic carbocycles. The van der Waals surface area contributed by atoms with Gasteiger partial charge >= 0.3 is 0 Å². The van der Waals surface area contributed by atoms with Gasteiger partial charge in [0, 0.05) is 32.2 Å². The summed E-state index contributed by atoms with van der Waals surface area (Å²) in [6.45, 7) is 8.34. The zero-order valence-corrected chi connectivity index (χ0v) is 13.6. The molecule has 6 nitrogen and oxygen atoms in total. The Balaban J connectivity index is 2.24. The maximum Gasteiger partial charge on any atom is 0.231 e. The molecule has 0 fully saturated rings. The van der Waals surface area contributed by atoms with Crippen LogP contribution in [0.3, 0.4) is 0 Å². The highest BCUT2D eigenvalue weighted by Gasteiger charge is 2.14. The molecule has 0 aliphatic heterocycles. The van der Waals surface area contributed by atoms with E-state index in [1.807, 2.05) is 29.8 Å². The van der Waals surface area contributed by atoms with Crippen LogP contribution >= 0.6 is 11.6 Å². The lowest BCUT2D eigenvalue weighted by atomic mass is 10.2. The zero-order chi connectivity index (χ0) is 15.4. The van der Waals surface area contributed by atoms with Gasteiger partial charge in [0.05, 0.1) is 6.26 Å². The van der Waals surface area contributed by atoms with Crippen LogP contribution in [0.5, 0.6) is 0 Å². The molecule has 114 valence electrons. The summed E-state index contributed by atoms with van der Waals surface area (Å²) in [5.74, 6) is 2.05. The summed E-state index contributed by atoms with van der Waals surface area (Å²) in [6, 6.07) is 1.94. The molecule has 2 aromatic heterocycles. The zero-order valence-electron chi connectivity index (χ0n) is 12.8. The second-order valence-electron chi connectivity index (χ2n) is 4.73. The first-order valence-corrected chi connectivity index (χ1v) is 7.33. The second kappa shape index (κ2) is 6.76. The van der Waals surface area contributed by atoms with E-state index in [2.05, 4.69) is 28.8 Å². The number of hydrogen-bond acceptors (Lipinski definition) is 6. The molecule has 0 aliphatic rings. The highest BCUT2D eigenvalue weighted by Crippen LogP contribution is 2.18. The van der Waals surface area contributed by atoms with Gasteiger partial charge in [-0.1, -0.05) is 0 Å². The Morgan fingerprint density at radius 1 is 1.14 bits per heavy atom. The van der Waals surface area contributed by atoms with E-state index in [1.165, 1.54) is 0 Å². The van der Waals surface area contributed by atoms with Crippen LogP contribution in [0.2, 0.25) is 5.28 Å². The molecule has 0 radical (unpaired) electrons. The number of anilines is 2. The Morgan fingerprint density at radius 2 is 1.81 bits per heavy atom. The molecule has 2 heterocycles. The van der Waals surface area contributed by atoms with Crippen molar-refractivity contribution in [2.24, 2.45) is 0 Å². The fraction of sp³-hybridized carbons (Fsp3) is 0.500. The monoisotopic (exact) mass is 309 g/mol. The van der Waals surface area contributed by atoms with Crippen LogP contribution in [-0.4, -0.2) is 35.1 Å². The van der Waals surface area contributed by atoms with Crippen LogP contribution < -0.4 is 9.80 Å². The molecule has 0 N–H and O–H groups in total. The third-order valence-corrected chi connectivity index (χ3v) is 3.52. The van der Waals surface area contributed by atoms with Gasteiger partial charge in [-0.05, 0) is 38.4 Å². The first-order chi connectivity index (χ1) is 10.0. The van der Waals surface area contributed by atoms with Crippen LogP contribution in [0, 0.1) is 6.92 Å². The van der Waals surface area contributed by atoms with E-state index in [1.54, 1.807) is 6.26 Å². The van der Waals surface area contributed by atoms with Gasteiger partial charge in [-0.3, -0.25) is 0 Å². The molecule has 2 aromatic rings. The first-order valence-electron chi connectivity index (χ1n) is 6.95. The minimum Gasteiger partial charge on any atom is -0.469 e. The summed E-state index contributed by atoms with van der Waals surface area (Å²) in [6.07, 6.45) is 1.68. The highest BCUT2D eigenvalue weighted by atomic mass is 35.5. The maximum absolute atomic E-state index is 6.03. The number of aryl methyl sites for hydroxylation is 1. The summed E-state index contributed by atoms with van der Waals surface area (Å²) in [5.41, 5.74) is 1.10. The molecule has 0 saturated heterocycles. The van der Waals surface area contributed by atoms with E-state index in [0.29, 0.717) is 18.4 Å². The molecular weight excluding hydrogens is 290 g/mol. The summed E-state index contributed by atoms with van der Waals surface area (Å²) in [5, 5.41) is 0.206.